The zero-order chi connectivity index (χ0) is 23.9. The summed E-state index contributed by atoms with van der Waals surface area (Å²) in [6.07, 6.45) is 0. The molecule has 0 aliphatic heterocycles. The number of carbonyl (C=O) groups excluding carboxylic acids is 1. The monoisotopic (exact) mass is 469 g/mol. The quantitative estimate of drug-likeness (QED) is 0.484. The molecule has 10 heteroatoms. The molecule has 1 amide bonds. The number of ether oxygens (including phenoxy) is 1. The first kappa shape index (κ1) is 22.3. The molecule has 1 N–H and O–H groups in total. The number of fused-ring (bicyclic) bond motifs is 1. The number of sulfone groups is 1. The van der Waals surface area contributed by atoms with E-state index in [-0.39, 0.29) is 26.7 Å². The van der Waals surface area contributed by atoms with Gasteiger partial charge in [0.1, 0.15) is 11.6 Å². The standard InChI is InChI=1S/C23H20FN3O5S/c1-26-19-12-18(25-22(28)14-4-6-15(24)7-5-14)21(13-20(19)27(2)23(26)29)33(30,31)17-10-8-16(32-3)9-11-17/h4-13H,1-3H3,(H,25,28). The highest BCUT2D eigenvalue weighted by Gasteiger charge is 2.25. The molecule has 0 fully saturated rings. The van der Waals surface area contributed by atoms with Crippen LogP contribution >= 0.6 is 0 Å². The highest BCUT2D eigenvalue weighted by Crippen LogP contribution is 2.32. The molecule has 0 atom stereocenters. The van der Waals surface area contributed by atoms with Crippen LogP contribution in [0.2, 0.25) is 0 Å². The summed E-state index contributed by atoms with van der Waals surface area (Å²) in [6.45, 7) is 0. The van der Waals surface area contributed by atoms with E-state index in [4.69, 9.17) is 4.74 Å². The minimum absolute atomic E-state index is 0.00570. The highest BCUT2D eigenvalue weighted by molar-refractivity contribution is 7.91. The van der Waals surface area contributed by atoms with Crippen LogP contribution < -0.4 is 15.7 Å². The summed E-state index contributed by atoms with van der Waals surface area (Å²) in [5, 5.41) is 2.60. The van der Waals surface area contributed by atoms with Gasteiger partial charge in [0.15, 0.2) is 0 Å². The largest absolute Gasteiger partial charge is 0.497 e. The van der Waals surface area contributed by atoms with Gasteiger partial charge < -0.3 is 10.1 Å². The average Bonchev–Trinajstić information content (AvgIpc) is 3.02. The molecule has 1 aromatic heterocycles. The topological polar surface area (TPSA) is 99.4 Å². The van der Waals surface area contributed by atoms with Gasteiger partial charge in [-0.3, -0.25) is 13.9 Å². The molecule has 170 valence electrons. The van der Waals surface area contributed by atoms with Gasteiger partial charge in [0.2, 0.25) is 9.84 Å². The van der Waals surface area contributed by atoms with E-state index >= 15 is 0 Å². The van der Waals surface area contributed by atoms with Crippen molar-refractivity contribution in [3.8, 4) is 5.75 Å². The van der Waals surface area contributed by atoms with Crippen LogP contribution in [0.4, 0.5) is 10.1 Å². The van der Waals surface area contributed by atoms with E-state index < -0.39 is 21.6 Å². The zero-order valence-corrected chi connectivity index (χ0v) is 18.8. The normalized spacial score (nSPS) is 11.5. The van der Waals surface area contributed by atoms with Crippen molar-refractivity contribution in [3.63, 3.8) is 0 Å². The van der Waals surface area contributed by atoms with Crippen molar-refractivity contribution in [1.82, 2.24) is 9.13 Å². The molecular formula is C23H20FN3O5S. The molecule has 1 heterocycles. The fraction of sp³-hybridized carbons (Fsp3) is 0.130. The predicted molar refractivity (Wildman–Crippen MR) is 121 cm³/mol. The van der Waals surface area contributed by atoms with E-state index in [0.717, 1.165) is 12.1 Å². The Morgan fingerprint density at radius 2 is 1.52 bits per heavy atom. The van der Waals surface area contributed by atoms with Crippen molar-refractivity contribution in [2.75, 3.05) is 12.4 Å². The van der Waals surface area contributed by atoms with Crippen LogP contribution in [0.5, 0.6) is 5.75 Å². The molecular weight excluding hydrogens is 449 g/mol. The zero-order valence-electron chi connectivity index (χ0n) is 18.0. The van der Waals surface area contributed by atoms with Gasteiger partial charge in [-0.05, 0) is 60.7 Å². The molecule has 0 radical (unpaired) electrons. The minimum Gasteiger partial charge on any atom is -0.497 e. The van der Waals surface area contributed by atoms with Crippen LogP contribution in [0.3, 0.4) is 0 Å². The van der Waals surface area contributed by atoms with Crippen LogP contribution in [0.1, 0.15) is 10.4 Å². The molecule has 33 heavy (non-hydrogen) atoms. The Hall–Kier alpha value is -3.92. The lowest BCUT2D eigenvalue weighted by Crippen LogP contribution is -2.19. The maximum absolute atomic E-state index is 13.5. The number of rotatable bonds is 5. The Morgan fingerprint density at radius 3 is 2.09 bits per heavy atom. The molecule has 0 aliphatic carbocycles. The molecule has 0 aliphatic rings. The van der Waals surface area contributed by atoms with Gasteiger partial charge in [-0.15, -0.1) is 0 Å². The smallest absolute Gasteiger partial charge is 0.328 e. The van der Waals surface area contributed by atoms with Crippen LogP contribution in [0.25, 0.3) is 11.0 Å². The van der Waals surface area contributed by atoms with Crippen LogP contribution in [0.15, 0.2) is 75.2 Å². The number of amides is 1. The maximum atomic E-state index is 13.5. The Morgan fingerprint density at radius 1 is 0.939 bits per heavy atom. The summed E-state index contributed by atoms with van der Waals surface area (Å²) in [4.78, 5) is 25.0. The number of anilines is 1. The molecule has 4 rings (SSSR count). The number of methoxy groups -OCH3 is 1. The first-order chi connectivity index (χ1) is 15.6. The molecule has 3 aromatic carbocycles. The molecule has 0 unspecified atom stereocenters. The van der Waals surface area contributed by atoms with E-state index in [9.17, 15) is 22.4 Å². The van der Waals surface area contributed by atoms with Crippen molar-refractivity contribution in [2.45, 2.75) is 9.79 Å². The number of benzene rings is 3. The second-order valence-electron chi connectivity index (χ2n) is 7.38. The van der Waals surface area contributed by atoms with Crippen LogP contribution in [0, 0.1) is 5.82 Å². The number of hydrogen-bond acceptors (Lipinski definition) is 5. The summed E-state index contributed by atoms with van der Waals surface area (Å²) in [7, 11) is 0.455. The van der Waals surface area contributed by atoms with Crippen molar-refractivity contribution >= 4 is 32.5 Å². The van der Waals surface area contributed by atoms with Gasteiger partial charge in [-0.25, -0.2) is 17.6 Å². The molecule has 0 saturated carbocycles. The lowest BCUT2D eigenvalue weighted by atomic mass is 10.2. The first-order valence-corrected chi connectivity index (χ1v) is 11.3. The number of nitrogens with one attached hydrogen (secondary N) is 1. The van der Waals surface area contributed by atoms with E-state index in [1.165, 1.54) is 71.8 Å². The Kier molecular flexibility index (Phi) is 5.54. The fourth-order valence-corrected chi connectivity index (χ4v) is 4.94. The Balaban J connectivity index is 1.90. The van der Waals surface area contributed by atoms with Gasteiger partial charge in [-0.2, -0.15) is 0 Å². The Bertz CT molecular complexity index is 1540. The SMILES string of the molecule is COc1ccc(S(=O)(=O)c2cc3c(cc2NC(=O)c2ccc(F)cc2)n(C)c(=O)n3C)cc1. The number of hydrogen-bond donors (Lipinski definition) is 1. The Labute approximate surface area is 188 Å². The van der Waals surface area contributed by atoms with E-state index in [0.29, 0.717) is 16.8 Å². The van der Waals surface area contributed by atoms with Crippen molar-refractivity contribution < 1.29 is 22.3 Å². The van der Waals surface area contributed by atoms with Gasteiger partial charge in [-0.1, -0.05) is 0 Å². The summed E-state index contributed by atoms with van der Waals surface area (Å²) in [5.74, 6) is -0.642. The number of halogens is 1. The van der Waals surface area contributed by atoms with Crippen LogP contribution in [-0.4, -0.2) is 30.6 Å². The van der Waals surface area contributed by atoms with Gasteiger partial charge in [0.25, 0.3) is 5.91 Å². The third kappa shape index (κ3) is 3.89. The number of imidazole rings is 1. The second-order valence-corrected chi connectivity index (χ2v) is 9.30. The minimum atomic E-state index is -4.10. The third-order valence-corrected chi connectivity index (χ3v) is 7.20. The molecule has 0 saturated heterocycles. The number of carbonyl (C=O) groups is 1. The second kappa shape index (κ2) is 8.21. The average molecular weight is 469 g/mol. The number of nitrogens with zero attached hydrogens (tertiary/aromatic N) is 2. The molecule has 4 aromatic rings. The number of aryl methyl sites for hydroxylation is 2. The van der Waals surface area contributed by atoms with Crippen molar-refractivity contribution in [3.05, 3.63) is 82.5 Å². The van der Waals surface area contributed by atoms with E-state index in [2.05, 4.69) is 5.32 Å². The number of aromatic nitrogens is 2. The van der Waals surface area contributed by atoms with E-state index in [1.54, 1.807) is 7.05 Å². The predicted octanol–water partition coefficient (Wildman–Crippen LogP) is 3.11. The lowest BCUT2D eigenvalue weighted by Gasteiger charge is -2.14. The summed E-state index contributed by atoms with van der Waals surface area (Å²) in [6, 6.07) is 13.5. The third-order valence-electron chi connectivity index (χ3n) is 5.39. The first-order valence-electron chi connectivity index (χ1n) is 9.79. The highest BCUT2D eigenvalue weighted by atomic mass is 32.2. The molecule has 0 spiro atoms. The maximum Gasteiger partial charge on any atom is 0.328 e. The fourth-order valence-electron chi connectivity index (χ4n) is 3.52. The van der Waals surface area contributed by atoms with Gasteiger partial charge >= 0.3 is 5.69 Å². The van der Waals surface area contributed by atoms with Gasteiger partial charge in [0.05, 0.1) is 33.6 Å². The van der Waals surface area contributed by atoms with Crippen molar-refractivity contribution in [1.29, 1.82) is 0 Å². The summed E-state index contributed by atoms with van der Waals surface area (Å²) >= 11 is 0. The van der Waals surface area contributed by atoms with Crippen molar-refractivity contribution in [2.24, 2.45) is 14.1 Å². The summed E-state index contributed by atoms with van der Waals surface area (Å²) in [5.41, 5.74) is 0.611. The summed E-state index contributed by atoms with van der Waals surface area (Å²) < 4.78 is 48.1. The molecule has 0 bridgehead atoms. The van der Waals surface area contributed by atoms with E-state index in [1.807, 2.05) is 0 Å². The lowest BCUT2D eigenvalue weighted by molar-refractivity contribution is 0.102. The van der Waals surface area contributed by atoms with Gasteiger partial charge in [0, 0.05) is 19.7 Å². The van der Waals surface area contributed by atoms with Crippen LogP contribution in [-0.2, 0) is 23.9 Å². The molecule has 8 nitrogen and oxygen atoms in total.